The Kier molecular flexibility index (Phi) is 4.56. The third kappa shape index (κ3) is 3.71. The maximum atomic E-state index is 12.3. The minimum atomic E-state index is -0.339. The second kappa shape index (κ2) is 6.80. The molecule has 0 saturated heterocycles. The van der Waals surface area contributed by atoms with Crippen LogP contribution in [-0.2, 0) is 6.42 Å². The Hall–Kier alpha value is -3.09. The molecule has 7 nitrogen and oxygen atoms in total. The number of carbonyl (C=O) groups is 1. The van der Waals surface area contributed by atoms with Crippen LogP contribution in [0.15, 0.2) is 41.4 Å². The van der Waals surface area contributed by atoms with E-state index in [1.165, 1.54) is 0 Å². The van der Waals surface area contributed by atoms with Crippen molar-refractivity contribution in [3.63, 3.8) is 0 Å². The summed E-state index contributed by atoms with van der Waals surface area (Å²) in [4.78, 5) is 21.1. The number of carbonyl (C=O) groups excluding carboxylic acids is 1. The molecular weight excluding hydrogens is 316 g/mol. The Morgan fingerprint density at radius 2 is 2.00 bits per heavy atom. The third-order valence-corrected chi connectivity index (χ3v) is 4.12. The summed E-state index contributed by atoms with van der Waals surface area (Å²) in [7, 11) is 0. The number of amidine groups is 1. The van der Waals surface area contributed by atoms with E-state index in [4.69, 9.17) is 11.5 Å². The highest BCUT2D eigenvalue weighted by Crippen LogP contribution is 2.25. The number of nitrogens with one attached hydrogen (secondary N) is 2. The SMILES string of the molecule is CC1Cc2nc(NC(=O)NC(C)c3ccccc3)cc(N)c2C(N)=N1. The maximum Gasteiger partial charge on any atom is 0.320 e. The number of anilines is 2. The number of benzene rings is 1. The van der Waals surface area contributed by atoms with Crippen molar-refractivity contribution in [3.05, 3.63) is 53.2 Å². The largest absolute Gasteiger partial charge is 0.398 e. The first-order valence-corrected chi connectivity index (χ1v) is 8.19. The van der Waals surface area contributed by atoms with Gasteiger partial charge in [-0.15, -0.1) is 0 Å². The molecule has 25 heavy (non-hydrogen) atoms. The van der Waals surface area contributed by atoms with E-state index >= 15 is 0 Å². The number of nitrogen functional groups attached to an aromatic ring is 1. The lowest BCUT2D eigenvalue weighted by molar-refractivity contribution is 0.249. The number of nitrogens with two attached hydrogens (primary N) is 2. The molecule has 2 heterocycles. The summed E-state index contributed by atoms with van der Waals surface area (Å²) < 4.78 is 0. The predicted octanol–water partition coefficient (Wildman–Crippen LogP) is 2.20. The highest BCUT2D eigenvalue weighted by molar-refractivity contribution is 6.04. The zero-order chi connectivity index (χ0) is 18.0. The van der Waals surface area contributed by atoms with Crippen LogP contribution in [0.4, 0.5) is 16.3 Å². The molecule has 1 aromatic carbocycles. The fourth-order valence-electron chi connectivity index (χ4n) is 2.93. The van der Waals surface area contributed by atoms with Gasteiger partial charge in [0.05, 0.1) is 23.3 Å². The molecule has 0 bridgehead atoms. The molecule has 7 heteroatoms. The first kappa shape index (κ1) is 16.8. The van der Waals surface area contributed by atoms with E-state index in [1.54, 1.807) is 6.07 Å². The van der Waals surface area contributed by atoms with E-state index in [2.05, 4.69) is 20.6 Å². The molecule has 0 fully saturated rings. The van der Waals surface area contributed by atoms with E-state index < -0.39 is 0 Å². The molecule has 130 valence electrons. The summed E-state index contributed by atoms with van der Waals surface area (Å²) >= 11 is 0. The number of pyridine rings is 1. The standard InChI is InChI=1S/C18H22N6O/c1-10-8-14-16(17(20)21-10)13(19)9-15(23-14)24-18(25)22-11(2)12-6-4-3-5-7-12/h3-7,9-11H,8H2,1-2H3,(H2,20,21)(H4,19,22,23,24,25). The molecule has 0 radical (unpaired) electrons. The lowest BCUT2D eigenvalue weighted by Gasteiger charge is -2.21. The summed E-state index contributed by atoms with van der Waals surface area (Å²) in [5.74, 6) is 0.795. The zero-order valence-electron chi connectivity index (χ0n) is 14.3. The van der Waals surface area contributed by atoms with Gasteiger partial charge in [-0.1, -0.05) is 30.3 Å². The van der Waals surface area contributed by atoms with Gasteiger partial charge in [0, 0.05) is 18.2 Å². The predicted molar refractivity (Wildman–Crippen MR) is 99.6 cm³/mol. The van der Waals surface area contributed by atoms with Gasteiger partial charge in [-0.25, -0.2) is 9.78 Å². The number of aromatic nitrogens is 1. The third-order valence-electron chi connectivity index (χ3n) is 4.12. The van der Waals surface area contributed by atoms with Crippen LogP contribution in [0.2, 0.25) is 0 Å². The van der Waals surface area contributed by atoms with E-state index in [1.807, 2.05) is 44.2 Å². The van der Waals surface area contributed by atoms with Crippen LogP contribution >= 0.6 is 0 Å². The van der Waals surface area contributed by atoms with Crippen molar-refractivity contribution in [2.75, 3.05) is 11.1 Å². The fourth-order valence-corrected chi connectivity index (χ4v) is 2.93. The number of amides is 2. The number of nitrogens with zero attached hydrogens (tertiary/aromatic N) is 2. The monoisotopic (exact) mass is 338 g/mol. The van der Waals surface area contributed by atoms with E-state index in [0.717, 1.165) is 11.3 Å². The molecule has 3 rings (SSSR count). The second-order valence-electron chi connectivity index (χ2n) is 6.22. The Morgan fingerprint density at radius 3 is 2.72 bits per heavy atom. The molecule has 2 aromatic rings. The summed E-state index contributed by atoms with van der Waals surface area (Å²) in [6.07, 6.45) is 0.637. The average molecular weight is 338 g/mol. The van der Waals surface area contributed by atoms with Crippen LogP contribution in [0.3, 0.4) is 0 Å². The molecule has 0 spiro atoms. The Morgan fingerprint density at radius 1 is 1.28 bits per heavy atom. The zero-order valence-corrected chi connectivity index (χ0v) is 14.3. The number of hydrogen-bond donors (Lipinski definition) is 4. The van der Waals surface area contributed by atoms with Crippen LogP contribution in [0, 0.1) is 0 Å². The van der Waals surface area contributed by atoms with Crippen LogP contribution in [0.1, 0.15) is 36.7 Å². The molecule has 1 aliphatic heterocycles. The summed E-state index contributed by atoms with van der Waals surface area (Å²) in [5.41, 5.74) is 14.9. The topological polar surface area (TPSA) is 118 Å². The Balaban J connectivity index is 1.73. The van der Waals surface area contributed by atoms with Crippen molar-refractivity contribution in [2.24, 2.45) is 10.7 Å². The normalized spacial score (nSPS) is 17.2. The van der Waals surface area contributed by atoms with E-state index in [9.17, 15) is 4.79 Å². The summed E-state index contributed by atoms with van der Waals surface area (Å²) in [6.45, 7) is 3.88. The molecule has 0 aliphatic carbocycles. The van der Waals surface area contributed by atoms with E-state index in [-0.39, 0.29) is 18.1 Å². The van der Waals surface area contributed by atoms with Crippen LogP contribution in [-0.4, -0.2) is 22.9 Å². The van der Waals surface area contributed by atoms with Crippen LogP contribution < -0.4 is 22.1 Å². The van der Waals surface area contributed by atoms with Gasteiger partial charge in [0.1, 0.15) is 11.7 Å². The smallest absolute Gasteiger partial charge is 0.320 e. The van der Waals surface area contributed by atoms with Crippen molar-refractivity contribution in [1.82, 2.24) is 10.3 Å². The first-order valence-electron chi connectivity index (χ1n) is 8.19. The highest BCUT2D eigenvalue weighted by atomic mass is 16.2. The molecule has 1 aliphatic rings. The Labute approximate surface area is 146 Å². The fraction of sp³-hybridized carbons (Fsp3) is 0.278. The number of aliphatic imine (C=N–C) groups is 1. The van der Waals surface area contributed by atoms with Crippen molar-refractivity contribution in [2.45, 2.75) is 32.4 Å². The minimum Gasteiger partial charge on any atom is -0.398 e. The lowest BCUT2D eigenvalue weighted by Crippen LogP contribution is -2.32. The lowest BCUT2D eigenvalue weighted by atomic mass is 10.0. The molecule has 1 aromatic heterocycles. The van der Waals surface area contributed by atoms with Crippen molar-refractivity contribution in [3.8, 4) is 0 Å². The molecule has 2 amide bonds. The Bertz CT molecular complexity index is 818. The van der Waals surface area contributed by atoms with Gasteiger partial charge in [-0.2, -0.15) is 0 Å². The van der Waals surface area contributed by atoms with Gasteiger partial charge >= 0.3 is 6.03 Å². The molecule has 0 saturated carbocycles. The average Bonchev–Trinajstić information content (AvgIpc) is 2.54. The summed E-state index contributed by atoms with van der Waals surface area (Å²) in [6, 6.07) is 10.9. The molecule has 6 N–H and O–H groups in total. The minimum absolute atomic E-state index is 0.0431. The van der Waals surface area contributed by atoms with E-state index in [0.29, 0.717) is 29.3 Å². The quantitative estimate of drug-likeness (QED) is 0.686. The molecule has 2 atom stereocenters. The summed E-state index contributed by atoms with van der Waals surface area (Å²) in [5, 5.41) is 5.62. The number of fused-ring (bicyclic) bond motifs is 1. The van der Waals surface area contributed by atoms with Gasteiger partial charge in [0.2, 0.25) is 0 Å². The van der Waals surface area contributed by atoms with Gasteiger partial charge < -0.3 is 16.8 Å². The number of urea groups is 1. The van der Waals surface area contributed by atoms with Crippen molar-refractivity contribution >= 4 is 23.4 Å². The van der Waals surface area contributed by atoms with Gasteiger partial charge in [0.15, 0.2) is 0 Å². The van der Waals surface area contributed by atoms with Crippen LogP contribution in [0.25, 0.3) is 0 Å². The van der Waals surface area contributed by atoms with Gasteiger partial charge in [-0.05, 0) is 19.4 Å². The maximum absolute atomic E-state index is 12.3. The molecular formula is C18H22N6O. The number of rotatable bonds is 3. The molecule has 2 unspecified atom stereocenters. The highest BCUT2D eigenvalue weighted by Gasteiger charge is 2.22. The van der Waals surface area contributed by atoms with Gasteiger partial charge in [0.25, 0.3) is 0 Å². The van der Waals surface area contributed by atoms with Crippen LogP contribution in [0.5, 0.6) is 0 Å². The number of hydrogen-bond acceptors (Lipinski definition) is 5. The second-order valence-corrected chi connectivity index (χ2v) is 6.22. The van der Waals surface area contributed by atoms with Gasteiger partial charge in [-0.3, -0.25) is 10.3 Å². The first-order chi connectivity index (χ1) is 11.9. The van der Waals surface area contributed by atoms with Crippen molar-refractivity contribution < 1.29 is 4.79 Å². The van der Waals surface area contributed by atoms with Crippen molar-refractivity contribution in [1.29, 1.82) is 0 Å².